The molecule has 1 amide bonds. The van der Waals surface area contributed by atoms with E-state index in [1.807, 2.05) is 0 Å². The minimum Gasteiger partial charge on any atom is -0.464 e. The monoisotopic (exact) mass is 480 g/mol. The molecule has 0 aliphatic heterocycles. The molecule has 2 N–H and O–H groups in total. The Kier molecular flexibility index (Phi) is 7.94. The summed E-state index contributed by atoms with van der Waals surface area (Å²) >= 11 is 0. The molecule has 0 unspecified atom stereocenters. The van der Waals surface area contributed by atoms with Gasteiger partial charge in [0, 0.05) is 28.9 Å². The number of ketones is 2. The molecule has 1 aliphatic rings. The molecule has 0 aromatic heterocycles. The normalized spacial score (nSPS) is 13.5. The van der Waals surface area contributed by atoms with Crippen molar-refractivity contribution < 1.29 is 28.7 Å². The van der Waals surface area contributed by atoms with Crippen molar-refractivity contribution in [2.45, 2.75) is 52.7 Å². The number of amides is 1. The molecule has 0 saturated heterocycles. The summed E-state index contributed by atoms with van der Waals surface area (Å²) in [5.74, 6) is -1.10. The van der Waals surface area contributed by atoms with Crippen LogP contribution >= 0.6 is 0 Å². The number of ether oxygens (including phenoxy) is 2. The van der Waals surface area contributed by atoms with Gasteiger partial charge in [0.25, 0.3) is 0 Å². The molecule has 8 heteroatoms. The van der Waals surface area contributed by atoms with Gasteiger partial charge in [-0.1, -0.05) is 50.2 Å². The van der Waals surface area contributed by atoms with E-state index in [2.05, 4.69) is 10.6 Å². The molecule has 0 radical (unpaired) electrons. The van der Waals surface area contributed by atoms with Crippen LogP contribution in [-0.4, -0.2) is 48.4 Å². The van der Waals surface area contributed by atoms with E-state index in [4.69, 9.17) is 9.47 Å². The predicted molar refractivity (Wildman–Crippen MR) is 132 cm³/mol. The topological polar surface area (TPSA) is 111 Å². The summed E-state index contributed by atoms with van der Waals surface area (Å²) < 4.78 is 10.6. The molecule has 1 atom stereocenters. The lowest BCUT2D eigenvalue weighted by molar-refractivity contribution is -0.147. The van der Waals surface area contributed by atoms with Crippen molar-refractivity contribution >= 4 is 29.3 Å². The number of carbonyl (C=O) groups is 4. The Morgan fingerprint density at radius 2 is 1.54 bits per heavy atom. The predicted octanol–water partition coefficient (Wildman–Crippen LogP) is 4.36. The molecule has 35 heavy (non-hydrogen) atoms. The van der Waals surface area contributed by atoms with E-state index in [9.17, 15) is 19.2 Å². The Morgan fingerprint density at radius 3 is 2.17 bits per heavy atom. The highest BCUT2D eigenvalue weighted by molar-refractivity contribution is 6.30. The molecule has 186 valence electrons. The van der Waals surface area contributed by atoms with E-state index in [1.54, 1.807) is 77.1 Å². The van der Waals surface area contributed by atoms with Gasteiger partial charge in [0.05, 0.1) is 12.2 Å². The van der Waals surface area contributed by atoms with Crippen molar-refractivity contribution in [3.8, 4) is 0 Å². The summed E-state index contributed by atoms with van der Waals surface area (Å²) in [6, 6.07) is 11.1. The van der Waals surface area contributed by atoms with Crippen LogP contribution < -0.4 is 10.6 Å². The van der Waals surface area contributed by atoms with E-state index >= 15 is 0 Å². The summed E-state index contributed by atoms with van der Waals surface area (Å²) in [6.45, 7) is 9.38. The molecule has 8 nitrogen and oxygen atoms in total. The Hall–Kier alpha value is -3.68. The zero-order chi connectivity index (χ0) is 25.8. The summed E-state index contributed by atoms with van der Waals surface area (Å²) in [5.41, 5.74) is 1.42. The fraction of sp³-hybridized carbons (Fsp3) is 0.407. The van der Waals surface area contributed by atoms with Crippen LogP contribution in [0.4, 0.5) is 10.5 Å². The Bertz CT molecular complexity index is 1130. The van der Waals surface area contributed by atoms with Crippen LogP contribution in [0.1, 0.15) is 72.9 Å². The number of carbonyl (C=O) groups excluding carboxylic acids is 4. The number of benzene rings is 2. The third-order valence-corrected chi connectivity index (χ3v) is 5.43. The van der Waals surface area contributed by atoms with Gasteiger partial charge in [0.2, 0.25) is 0 Å². The first kappa shape index (κ1) is 25.9. The van der Waals surface area contributed by atoms with Crippen molar-refractivity contribution in [2.75, 3.05) is 18.5 Å². The van der Waals surface area contributed by atoms with E-state index in [0.29, 0.717) is 40.9 Å². The maximum absolute atomic E-state index is 13.1. The average molecular weight is 481 g/mol. The van der Waals surface area contributed by atoms with Gasteiger partial charge in [-0.05, 0) is 39.2 Å². The van der Waals surface area contributed by atoms with Crippen LogP contribution in [0.25, 0.3) is 0 Å². The molecule has 0 spiro atoms. The quantitative estimate of drug-likeness (QED) is 0.364. The molecule has 0 saturated carbocycles. The van der Waals surface area contributed by atoms with E-state index in [0.717, 1.165) is 0 Å². The van der Waals surface area contributed by atoms with E-state index in [1.165, 1.54) is 0 Å². The van der Waals surface area contributed by atoms with Crippen LogP contribution in [-0.2, 0) is 14.3 Å². The zero-order valence-electron chi connectivity index (χ0n) is 20.8. The lowest BCUT2D eigenvalue weighted by Crippen LogP contribution is -2.47. The first-order valence-electron chi connectivity index (χ1n) is 11.7. The Balaban J connectivity index is 1.55. The van der Waals surface area contributed by atoms with Crippen LogP contribution in [0.15, 0.2) is 42.5 Å². The number of nitrogens with one attached hydrogen (secondary N) is 2. The number of anilines is 1. The van der Waals surface area contributed by atoms with Crippen molar-refractivity contribution in [1.82, 2.24) is 5.32 Å². The molecule has 2 aromatic carbocycles. The first-order chi connectivity index (χ1) is 16.5. The molecule has 0 heterocycles. The lowest BCUT2D eigenvalue weighted by atomic mass is 9.83. The standard InChI is InChI=1S/C27H32N2O6/c1-16(2)22(29-26(33)35-27(3,4)5)25(32)34-15-9-14-28-20-13-8-12-19-21(20)24(31)18-11-7-6-10-17(18)23(19)30/h6-8,10-13,16,22,28H,9,14-15H2,1-5H3,(H,29,33)/t22-/m0/s1. The average Bonchev–Trinajstić information content (AvgIpc) is 2.79. The van der Waals surface area contributed by atoms with Gasteiger partial charge < -0.3 is 20.1 Å². The van der Waals surface area contributed by atoms with Gasteiger partial charge in [-0.25, -0.2) is 9.59 Å². The number of rotatable bonds is 8. The first-order valence-corrected chi connectivity index (χ1v) is 11.7. The van der Waals surface area contributed by atoms with Crippen LogP contribution in [0.2, 0.25) is 0 Å². The minimum absolute atomic E-state index is 0.121. The number of alkyl carbamates (subject to hydrolysis) is 1. The molecule has 1 aliphatic carbocycles. The van der Waals surface area contributed by atoms with Crippen LogP contribution in [0.3, 0.4) is 0 Å². The molecule has 3 rings (SSSR count). The highest BCUT2D eigenvalue weighted by Crippen LogP contribution is 2.31. The van der Waals surface area contributed by atoms with Crippen molar-refractivity contribution in [1.29, 1.82) is 0 Å². The largest absolute Gasteiger partial charge is 0.464 e. The van der Waals surface area contributed by atoms with Gasteiger partial charge in [-0.2, -0.15) is 0 Å². The molecular formula is C27H32N2O6. The molecular weight excluding hydrogens is 448 g/mol. The summed E-state index contributed by atoms with van der Waals surface area (Å²) in [5, 5.41) is 5.75. The maximum atomic E-state index is 13.1. The number of hydrogen-bond acceptors (Lipinski definition) is 7. The summed E-state index contributed by atoms with van der Waals surface area (Å²) in [7, 11) is 0. The fourth-order valence-corrected chi connectivity index (χ4v) is 3.78. The Morgan fingerprint density at radius 1 is 0.914 bits per heavy atom. The number of fused-ring (bicyclic) bond motifs is 2. The van der Waals surface area contributed by atoms with Crippen LogP contribution in [0.5, 0.6) is 0 Å². The smallest absolute Gasteiger partial charge is 0.408 e. The molecule has 2 aromatic rings. The van der Waals surface area contributed by atoms with Crippen molar-refractivity contribution in [2.24, 2.45) is 5.92 Å². The second kappa shape index (κ2) is 10.7. The third kappa shape index (κ3) is 6.26. The molecule has 0 fully saturated rings. The zero-order valence-corrected chi connectivity index (χ0v) is 20.8. The molecule has 0 bridgehead atoms. The minimum atomic E-state index is -0.831. The third-order valence-electron chi connectivity index (χ3n) is 5.43. The highest BCUT2D eigenvalue weighted by Gasteiger charge is 2.31. The SMILES string of the molecule is CC(C)[C@H](NC(=O)OC(C)(C)C)C(=O)OCCCNc1cccc2c1C(=O)c1ccccc1C2=O. The summed E-state index contributed by atoms with van der Waals surface area (Å²) in [6.07, 6.45) is -0.213. The fourth-order valence-electron chi connectivity index (χ4n) is 3.78. The second-order valence-electron chi connectivity index (χ2n) is 9.75. The highest BCUT2D eigenvalue weighted by atomic mass is 16.6. The summed E-state index contributed by atoms with van der Waals surface area (Å²) in [4.78, 5) is 50.5. The van der Waals surface area contributed by atoms with Crippen molar-refractivity contribution in [3.05, 3.63) is 64.7 Å². The number of esters is 1. The van der Waals surface area contributed by atoms with E-state index < -0.39 is 23.7 Å². The lowest BCUT2D eigenvalue weighted by Gasteiger charge is -2.24. The van der Waals surface area contributed by atoms with Crippen LogP contribution in [0, 0.1) is 5.92 Å². The van der Waals surface area contributed by atoms with E-state index in [-0.39, 0.29) is 24.1 Å². The van der Waals surface area contributed by atoms with Gasteiger partial charge in [-0.3, -0.25) is 9.59 Å². The van der Waals surface area contributed by atoms with Gasteiger partial charge in [0.1, 0.15) is 11.6 Å². The number of hydrogen-bond donors (Lipinski definition) is 2. The second-order valence-corrected chi connectivity index (χ2v) is 9.75. The maximum Gasteiger partial charge on any atom is 0.408 e. The van der Waals surface area contributed by atoms with Gasteiger partial charge >= 0.3 is 12.1 Å². The van der Waals surface area contributed by atoms with Gasteiger partial charge in [-0.15, -0.1) is 0 Å². The Labute approximate surface area is 205 Å². The van der Waals surface area contributed by atoms with Gasteiger partial charge in [0.15, 0.2) is 11.6 Å². The van der Waals surface area contributed by atoms with Crippen molar-refractivity contribution in [3.63, 3.8) is 0 Å².